The van der Waals surface area contributed by atoms with Gasteiger partial charge in [0.25, 0.3) is 0 Å². The highest BCUT2D eigenvalue weighted by atomic mass is 32.1. The van der Waals surface area contributed by atoms with Crippen molar-refractivity contribution in [3.8, 4) is 0 Å². The zero-order valence-corrected chi connectivity index (χ0v) is 14.5. The van der Waals surface area contributed by atoms with Gasteiger partial charge in [0.15, 0.2) is 0 Å². The van der Waals surface area contributed by atoms with Gasteiger partial charge in [0.05, 0.1) is 6.04 Å². The molecule has 3 heteroatoms. The Balaban J connectivity index is 1.76. The molecule has 0 aliphatic carbocycles. The van der Waals surface area contributed by atoms with E-state index in [4.69, 9.17) is 0 Å². The highest BCUT2D eigenvalue weighted by Gasteiger charge is 2.19. The van der Waals surface area contributed by atoms with Crippen molar-refractivity contribution in [2.75, 3.05) is 0 Å². The van der Waals surface area contributed by atoms with E-state index in [0.717, 1.165) is 0 Å². The fourth-order valence-corrected chi connectivity index (χ4v) is 3.63. The highest BCUT2D eigenvalue weighted by molar-refractivity contribution is 7.10. The lowest BCUT2D eigenvalue weighted by Gasteiger charge is -2.19. The van der Waals surface area contributed by atoms with Crippen LogP contribution in [0.25, 0.3) is 0 Å². The van der Waals surface area contributed by atoms with Crippen LogP contribution in [0.15, 0.2) is 78.2 Å². The van der Waals surface area contributed by atoms with Gasteiger partial charge in [-0.05, 0) is 29.5 Å². The third kappa shape index (κ3) is 4.12. The van der Waals surface area contributed by atoms with Gasteiger partial charge in [-0.1, -0.05) is 66.7 Å². The number of nitrogens with one attached hydrogen (secondary N) is 1. The first-order chi connectivity index (χ1) is 11.7. The minimum atomic E-state index is 0.0460. The Morgan fingerprint density at radius 2 is 1.50 bits per heavy atom. The van der Waals surface area contributed by atoms with Crippen LogP contribution in [-0.2, 0) is 4.79 Å². The summed E-state index contributed by atoms with van der Waals surface area (Å²) in [7, 11) is 0. The van der Waals surface area contributed by atoms with E-state index >= 15 is 0 Å². The van der Waals surface area contributed by atoms with Crippen LogP contribution in [-0.4, -0.2) is 5.91 Å². The third-order valence-corrected chi connectivity index (χ3v) is 5.20. The molecule has 2 aromatic carbocycles. The number of hydrogen-bond acceptors (Lipinski definition) is 2. The summed E-state index contributed by atoms with van der Waals surface area (Å²) in [6.07, 6.45) is 0.448. The van der Waals surface area contributed by atoms with Gasteiger partial charge in [-0.25, -0.2) is 0 Å². The molecule has 1 atom stereocenters. The predicted molar refractivity (Wildman–Crippen MR) is 100 cm³/mol. The number of carbonyl (C=O) groups is 1. The van der Waals surface area contributed by atoms with Gasteiger partial charge in [-0.2, -0.15) is 0 Å². The zero-order chi connectivity index (χ0) is 16.8. The molecule has 1 N–H and O–H groups in total. The first kappa shape index (κ1) is 16.5. The van der Waals surface area contributed by atoms with Crippen LogP contribution in [0, 0.1) is 0 Å². The lowest BCUT2D eigenvalue weighted by atomic mass is 9.88. The van der Waals surface area contributed by atoms with Gasteiger partial charge < -0.3 is 5.32 Å². The van der Waals surface area contributed by atoms with Crippen molar-refractivity contribution >= 4 is 17.2 Å². The summed E-state index contributed by atoms with van der Waals surface area (Å²) in [5.74, 6) is 0.150. The summed E-state index contributed by atoms with van der Waals surface area (Å²) in [5, 5.41) is 5.16. The Labute approximate surface area is 147 Å². The fourth-order valence-electron chi connectivity index (χ4n) is 2.89. The van der Waals surface area contributed by atoms with E-state index in [-0.39, 0.29) is 17.9 Å². The third-order valence-electron chi connectivity index (χ3n) is 4.14. The molecule has 0 bridgehead atoms. The molecule has 0 aliphatic heterocycles. The molecular weight excluding hydrogens is 314 g/mol. The van der Waals surface area contributed by atoms with E-state index in [9.17, 15) is 4.79 Å². The van der Waals surface area contributed by atoms with Crippen LogP contribution in [0.1, 0.15) is 41.3 Å². The standard InChI is InChI=1S/C21H21NOS/c1-16(20-13-8-14-24-20)22-21(23)15-19(17-9-4-2-5-10-17)18-11-6-3-7-12-18/h2-14,16,19H,15H2,1H3,(H,22,23). The summed E-state index contributed by atoms with van der Waals surface area (Å²) >= 11 is 1.67. The molecule has 0 fully saturated rings. The molecule has 2 nitrogen and oxygen atoms in total. The Kier molecular flexibility index (Phi) is 5.44. The number of rotatable bonds is 6. The van der Waals surface area contributed by atoms with Gasteiger partial charge in [-0.3, -0.25) is 4.79 Å². The molecule has 0 saturated heterocycles. The van der Waals surface area contributed by atoms with Crippen LogP contribution in [0.5, 0.6) is 0 Å². The summed E-state index contributed by atoms with van der Waals surface area (Å²) < 4.78 is 0. The molecule has 0 radical (unpaired) electrons. The fraction of sp³-hybridized carbons (Fsp3) is 0.190. The van der Waals surface area contributed by atoms with E-state index in [2.05, 4.69) is 35.6 Å². The largest absolute Gasteiger partial charge is 0.349 e. The van der Waals surface area contributed by atoms with Gasteiger partial charge in [-0.15, -0.1) is 11.3 Å². The number of carbonyl (C=O) groups excluding carboxylic acids is 1. The van der Waals surface area contributed by atoms with Crippen LogP contribution >= 0.6 is 11.3 Å². The summed E-state index contributed by atoms with van der Waals surface area (Å²) in [6.45, 7) is 2.03. The van der Waals surface area contributed by atoms with Crippen molar-refractivity contribution in [1.82, 2.24) is 5.32 Å². The molecule has 0 saturated carbocycles. The topological polar surface area (TPSA) is 29.1 Å². The lowest BCUT2D eigenvalue weighted by Crippen LogP contribution is -2.27. The maximum absolute atomic E-state index is 12.6. The molecule has 1 amide bonds. The second-order valence-electron chi connectivity index (χ2n) is 5.88. The monoisotopic (exact) mass is 335 g/mol. The first-order valence-corrected chi connectivity index (χ1v) is 9.04. The van der Waals surface area contributed by atoms with Crippen LogP contribution in [0.3, 0.4) is 0 Å². The zero-order valence-electron chi connectivity index (χ0n) is 13.7. The average Bonchev–Trinajstić information content (AvgIpc) is 3.16. The highest BCUT2D eigenvalue weighted by Crippen LogP contribution is 2.28. The summed E-state index contributed by atoms with van der Waals surface area (Å²) in [4.78, 5) is 13.8. The van der Waals surface area contributed by atoms with Crippen molar-refractivity contribution < 1.29 is 4.79 Å². The number of amides is 1. The van der Waals surface area contributed by atoms with Crippen molar-refractivity contribution in [2.45, 2.75) is 25.3 Å². The minimum Gasteiger partial charge on any atom is -0.349 e. The van der Waals surface area contributed by atoms with E-state index in [1.165, 1.54) is 16.0 Å². The van der Waals surface area contributed by atoms with Crippen molar-refractivity contribution in [3.05, 3.63) is 94.2 Å². The van der Waals surface area contributed by atoms with E-state index in [0.29, 0.717) is 6.42 Å². The molecule has 3 aromatic rings. The van der Waals surface area contributed by atoms with Crippen LogP contribution in [0.2, 0.25) is 0 Å². The normalized spacial score (nSPS) is 12.1. The van der Waals surface area contributed by atoms with Gasteiger partial charge in [0.2, 0.25) is 5.91 Å². The Morgan fingerprint density at radius 1 is 0.917 bits per heavy atom. The second kappa shape index (κ2) is 7.93. The molecule has 1 heterocycles. The SMILES string of the molecule is CC(NC(=O)CC(c1ccccc1)c1ccccc1)c1cccs1. The minimum absolute atomic E-state index is 0.0460. The molecule has 1 aromatic heterocycles. The van der Waals surface area contributed by atoms with Crippen molar-refractivity contribution in [2.24, 2.45) is 0 Å². The first-order valence-electron chi connectivity index (χ1n) is 8.16. The molecule has 122 valence electrons. The van der Waals surface area contributed by atoms with E-state index in [1.54, 1.807) is 11.3 Å². The molecule has 0 aliphatic rings. The number of benzene rings is 2. The molecule has 1 unspecified atom stereocenters. The van der Waals surface area contributed by atoms with Crippen molar-refractivity contribution in [1.29, 1.82) is 0 Å². The smallest absolute Gasteiger partial charge is 0.221 e. The molecule has 0 spiro atoms. The van der Waals surface area contributed by atoms with Gasteiger partial charge >= 0.3 is 0 Å². The average molecular weight is 335 g/mol. The molecular formula is C21H21NOS. The van der Waals surface area contributed by atoms with E-state index < -0.39 is 0 Å². The Morgan fingerprint density at radius 3 is 2.00 bits per heavy atom. The van der Waals surface area contributed by atoms with Crippen molar-refractivity contribution in [3.63, 3.8) is 0 Å². The van der Waals surface area contributed by atoms with E-state index in [1.807, 2.05) is 54.8 Å². The number of thiophene rings is 1. The lowest BCUT2D eigenvalue weighted by molar-refractivity contribution is -0.121. The quantitative estimate of drug-likeness (QED) is 0.663. The maximum Gasteiger partial charge on any atom is 0.221 e. The molecule has 3 rings (SSSR count). The summed E-state index contributed by atoms with van der Waals surface area (Å²) in [5.41, 5.74) is 2.34. The summed E-state index contributed by atoms with van der Waals surface area (Å²) in [6, 6.07) is 24.6. The van der Waals surface area contributed by atoms with Crippen LogP contribution < -0.4 is 5.32 Å². The predicted octanol–water partition coefficient (Wildman–Crippen LogP) is 5.15. The molecule has 24 heavy (non-hydrogen) atoms. The maximum atomic E-state index is 12.6. The van der Waals surface area contributed by atoms with Gasteiger partial charge in [0.1, 0.15) is 0 Å². The Bertz CT molecular complexity index is 714. The Hall–Kier alpha value is -2.39. The second-order valence-corrected chi connectivity index (χ2v) is 6.86. The van der Waals surface area contributed by atoms with Gasteiger partial charge in [0, 0.05) is 17.2 Å². The van der Waals surface area contributed by atoms with Crippen LogP contribution in [0.4, 0.5) is 0 Å². The number of hydrogen-bond donors (Lipinski definition) is 1.